The van der Waals surface area contributed by atoms with Crippen molar-refractivity contribution < 1.29 is 8.78 Å². The Kier molecular flexibility index (Phi) is 4.37. The van der Waals surface area contributed by atoms with Gasteiger partial charge in [0, 0.05) is 11.5 Å². The highest BCUT2D eigenvalue weighted by Crippen LogP contribution is 2.50. The maximum Gasteiger partial charge on any atom is 0.270 e. The van der Waals surface area contributed by atoms with Crippen molar-refractivity contribution in [2.45, 2.75) is 32.1 Å². The fraction of sp³-hybridized carbons (Fsp3) is 0.300. The second kappa shape index (κ2) is 6.43. The minimum atomic E-state index is -1.48. The zero-order valence-electron chi connectivity index (χ0n) is 12.7. The fourth-order valence-corrected chi connectivity index (χ4v) is 3.32. The van der Waals surface area contributed by atoms with E-state index in [4.69, 9.17) is 0 Å². The third-order valence-electron chi connectivity index (χ3n) is 4.66. The van der Waals surface area contributed by atoms with E-state index in [9.17, 15) is 8.78 Å². The Morgan fingerprint density at radius 3 is 2.32 bits per heavy atom. The van der Waals surface area contributed by atoms with Gasteiger partial charge < -0.3 is 0 Å². The Hall–Kier alpha value is -1.96. The summed E-state index contributed by atoms with van der Waals surface area (Å²) in [6, 6.07) is 18.1. The zero-order chi connectivity index (χ0) is 15.5. The number of benzene rings is 2. The predicted molar refractivity (Wildman–Crippen MR) is 86.0 cm³/mol. The highest BCUT2D eigenvalue weighted by Gasteiger charge is 2.39. The average Bonchev–Trinajstić information content (AvgIpc) is 2.48. The fourth-order valence-electron chi connectivity index (χ4n) is 3.32. The van der Waals surface area contributed by atoms with Crippen LogP contribution < -0.4 is 0 Å². The molecule has 0 N–H and O–H groups in total. The Bertz CT molecular complexity index is 652. The predicted octanol–water partition coefficient (Wildman–Crippen LogP) is 5.88. The van der Waals surface area contributed by atoms with Crippen LogP contribution in [0.15, 0.2) is 66.3 Å². The van der Waals surface area contributed by atoms with Crippen molar-refractivity contribution >= 4 is 0 Å². The molecule has 2 aromatic rings. The molecule has 0 radical (unpaired) electrons. The van der Waals surface area contributed by atoms with Crippen molar-refractivity contribution in [2.24, 2.45) is 5.92 Å². The summed E-state index contributed by atoms with van der Waals surface area (Å²) in [7, 11) is 0. The number of allylic oxidation sites excluding steroid dienone is 1. The van der Waals surface area contributed by atoms with Crippen molar-refractivity contribution in [3.05, 3.63) is 82.9 Å². The van der Waals surface area contributed by atoms with E-state index in [1.807, 2.05) is 49.4 Å². The molecular formula is C20H20F2. The van der Waals surface area contributed by atoms with Gasteiger partial charge in [-0.15, -0.1) is 0 Å². The summed E-state index contributed by atoms with van der Waals surface area (Å²) >= 11 is 0. The van der Waals surface area contributed by atoms with Gasteiger partial charge in [-0.2, -0.15) is 8.78 Å². The van der Waals surface area contributed by atoms with Crippen LogP contribution in [0.1, 0.15) is 35.4 Å². The topological polar surface area (TPSA) is 0 Å². The monoisotopic (exact) mass is 298 g/mol. The maximum absolute atomic E-state index is 13.4. The highest BCUT2D eigenvalue weighted by atomic mass is 19.3. The zero-order valence-corrected chi connectivity index (χ0v) is 12.7. The Morgan fingerprint density at radius 1 is 1.00 bits per heavy atom. The molecule has 0 amide bonds. The molecule has 1 aliphatic carbocycles. The van der Waals surface area contributed by atoms with E-state index in [1.54, 1.807) is 0 Å². The molecule has 0 bridgehead atoms. The van der Waals surface area contributed by atoms with Crippen molar-refractivity contribution in [2.75, 3.05) is 0 Å². The van der Waals surface area contributed by atoms with E-state index < -0.39 is 6.08 Å². The Morgan fingerprint density at radius 2 is 1.68 bits per heavy atom. The molecule has 0 heterocycles. The van der Waals surface area contributed by atoms with Gasteiger partial charge in [0.1, 0.15) is 0 Å². The lowest BCUT2D eigenvalue weighted by atomic mass is 9.65. The molecule has 0 unspecified atom stereocenters. The maximum atomic E-state index is 13.4. The molecule has 1 aliphatic rings. The molecule has 1 fully saturated rings. The van der Waals surface area contributed by atoms with Crippen molar-refractivity contribution in [1.82, 2.24) is 0 Å². The van der Waals surface area contributed by atoms with Crippen LogP contribution in [0.25, 0.3) is 0 Å². The summed E-state index contributed by atoms with van der Waals surface area (Å²) in [5.74, 6) is -0.0668. The largest absolute Gasteiger partial charge is 0.270 e. The van der Waals surface area contributed by atoms with Crippen molar-refractivity contribution in [3.63, 3.8) is 0 Å². The lowest BCUT2D eigenvalue weighted by molar-refractivity contribution is 0.302. The van der Waals surface area contributed by atoms with Gasteiger partial charge >= 0.3 is 0 Å². The molecule has 0 spiro atoms. The van der Waals surface area contributed by atoms with Crippen LogP contribution in [-0.2, 0) is 6.42 Å². The molecule has 2 atom stereocenters. The highest BCUT2D eigenvalue weighted by molar-refractivity contribution is 5.38. The number of aryl methyl sites for hydroxylation is 2. The summed E-state index contributed by atoms with van der Waals surface area (Å²) in [4.78, 5) is 0. The van der Waals surface area contributed by atoms with Crippen LogP contribution in [-0.4, -0.2) is 0 Å². The number of hydrogen-bond donors (Lipinski definition) is 0. The quantitative estimate of drug-likeness (QED) is 0.661. The smallest absolute Gasteiger partial charge is 0.173 e. The molecular weight excluding hydrogens is 278 g/mol. The first kappa shape index (κ1) is 15.0. The Balaban J connectivity index is 1.68. The summed E-state index contributed by atoms with van der Waals surface area (Å²) in [5.41, 5.74) is 3.76. The molecule has 3 rings (SSSR count). The van der Waals surface area contributed by atoms with Gasteiger partial charge in [0.2, 0.25) is 0 Å². The summed E-state index contributed by atoms with van der Waals surface area (Å²) in [6.07, 6.45) is 1.03. The van der Waals surface area contributed by atoms with Crippen LogP contribution in [0.2, 0.25) is 0 Å². The molecule has 0 aromatic heterocycles. The molecule has 0 aliphatic heterocycles. The summed E-state index contributed by atoms with van der Waals surface area (Å²) < 4.78 is 26.7. The van der Waals surface area contributed by atoms with E-state index >= 15 is 0 Å². The van der Waals surface area contributed by atoms with E-state index in [1.165, 1.54) is 5.56 Å². The molecule has 2 heteroatoms. The van der Waals surface area contributed by atoms with Crippen molar-refractivity contribution in [1.29, 1.82) is 0 Å². The second-order valence-electron chi connectivity index (χ2n) is 6.14. The van der Waals surface area contributed by atoms with Gasteiger partial charge in [-0.3, -0.25) is 0 Å². The van der Waals surface area contributed by atoms with E-state index in [-0.39, 0.29) is 11.8 Å². The van der Waals surface area contributed by atoms with Crippen LogP contribution in [0.4, 0.5) is 8.78 Å². The normalized spacial score (nSPS) is 20.6. The number of hydrogen-bond acceptors (Lipinski definition) is 0. The third kappa shape index (κ3) is 3.11. The third-order valence-corrected chi connectivity index (χ3v) is 4.66. The molecule has 22 heavy (non-hydrogen) atoms. The minimum Gasteiger partial charge on any atom is -0.173 e. The molecule has 0 saturated heterocycles. The van der Waals surface area contributed by atoms with Gasteiger partial charge in [0.05, 0.1) is 0 Å². The number of rotatable bonds is 4. The summed E-state index contributed by atoms with van der Waals surface area (Å²) in [5, 5.41) is 0. The van der Waals surface area contributed by atoms with Gasteiger partial charge in [-0.25, -0.2) is 0 Å². The number of halogens is 2. The van der Waals surface area contributed by atoms with Crippen molar-refractivity contribution in [3.8, 4) is 0 Å². The van der Waals surface area contributed by atoms with E-state index in [0.717, 1.165) is 30.4 Å². The van der Waals surface area contributed by atoms with Crippen LogP contribution in [0, 0.1) is 12.8 Å². The van der Waals surface area contributed by atoms with Gasteiger partial charge in [-0.1, -0.05) is 60.2 Å². The lowest BCUT2D eigenvalue weighted by Crippen LogP contribution is -2.27. The molecule has 1 saturated carbocycles. The van der Waals surface area contributed by atoms with Gasteiger partial charge in [0.15, 0.2) is 0 Å². The van der Waals surface area contributed by atoms with Gasteiger partial charge in [-0.05, 0) is 43.2 Å². The van der Waals surface area contributed by atoms with Crippen LogP contribution in [0.3, 0.4) is 0 Å². The first-order valence-corrected chi connectivity index (χ1v) is 7.80. The standard InChI is InChI=1S/C20H20F2/c1-14-7-10-16(11-8-14)18-13-17(19(18)20(21)22)12-9-15-5-3-2-4-6-15/h2-8,10-11,17-18H,9,12-13H2,1H3/t17-,18-/m0/s1. The minimum absolute atomic E-state index is 0.0245. The first-order chi connectivity index (χ1) is 10.6. The van der Waals surface area contributed by atoms with Crippen LogP contribution >= 0.6 is 0 Å². The summed E-state index contributed by atoms with van der Waals surface area (Å²) in [6.45, 7) is 2.01. The molecule has 0 nitrogen and oxygen atoms in total. The lowest BCUT2D eigenvalue weighted by Gasteiger charge is -2.38. The Labute approximate surface area is 130 Å². The second-order valence-corrected chi connectivity index (χ2v) is 6.14. The van der Waals surface area contributed by atoms with Gasteiger partial charge in [0.25, 0.3) is 6.08 Å². The molecule has 2 aromatic carbocycles. The molecule has 114 valence electrons. The van der Waals surface area contributed by atoms with E-state index in [2.05, 4.69) is 12.1 Å². The SMILES string of the molecule is Cc1ccc([C@@H]2C[C@H](CCc3ccccc3)C2=C(F)F)cc1. The first-order valence-electron chi connectivity index (χ1n) is 7.80. The van der Waals surface area contributed by atoms with E-state index in [0.29, 0.717) is 5.57 Å². The van der Waals surface area contributed by atoms with Crippen LogP contribution in [0.5, 0.6) is 0 Å². The average molecular weight is 298 g/mol.